The summed E-state index contributed by atoms with van der Waals surface area (Å²) >= 11 is 13.4. The molecule has 1 aromatic heterocycles. The average Bonchev–Trinajstić information content (AvgIpc) is 3.10. The number of thioether (sulfide) groups is 1. The number of ether oxygens (including phenoxy) is 1. The Balaban J connectivity index is 1.55. The van der Waals surface area contributed by atoms with E-state index in [2.05, 4.69) is 16.6 Å². The number of amidine groups is 1. The van der Waals surface area contributed by atoms with E-state index in [0.29, 0.717) is 44.7 Å². The first-order valence-corrected chi connectivity index (χ1v) is 11.6. The van der Waals surface area contributed by atoms with Crippen molar-refractivity contribution in [3.63, 3.8) is 0 Å². The molecule has 0 bridgehead atoms. The summed E-state index contributed by atoms with van der Waals surface area (Å²) in [5, 5.41) is 1.64. The van der Waals surface area contributed by atoms with Crippen LogP contribution in [-0.2, 0) is 11.4 Å². The van der Waals surface area contributed by atoms with Crippen molar-refractivity contribution in [2.24, 2.45) is 4.99 Å². The number of hydrogen-bond donors (Lipinski definition) is 0. The molecule has 0 radical (unpaired) electrons. The minimum Gasteiger partial charge on any atom is -0.489 e. The molecule has 1 saturated heterocycles. The highest BCUT2D eigenvalue weighted by Gasteiger charge is 2.32. The number of pyridine rings is 1. The molecular weight excluding hydrogens is 477 g/mol. The Morgan fingerprint density at radius 1 is 1.15 bits per heavy atom. The maximum Gasteiger partial charge on any atom is 0.267 e. The van der Waals surface area contributed by atoms with Gasteiger partial charge in [-0.25, -0.2) is 4.99 Å². The summed E-state index contributed by atoms with van der Waals surface area (Å²) in [6, 6.07) is 16.8. The Morgan fingerprint density at radius 2 is 1.97 bits per heavy atom. The molecule has 2 heterocycles. The molecule has 1 aliphatic rings. The van der Waals surface area contributed by atoms with Gasteiger partial charge in [0.05, 0.1) is 15.6 Å². The summed E-state index contributed by atoms with van der Waals surface area (Å²) in [7, 11) is 0. The number of aromatic nitrogens is 1. The standard InChI is InChI=1S/C25H19Cl2N3O2S/c1-2-12-30-24(31)23(33-25(30)29-22-10-11-28-15-21(22)27)14-18-4-3-5-20(13-18)32-16-17-6-8-19(26)9-7-17/h2-11,13-15H,1,12,16H2/b23-14-,29-25?. The SMILES string of the molecule is C=CCN1C(=O)/C(=C/c2cccc(OCc3ccc(Cl)cc3)c2)SC1=Nc1ccncc1Cl. The molecule has 8 heteroatoms. The number of amides is 1. The summed E-state index contributed by atoms with van der Waals surface area (Å²) in [4.78, 5) is 23.7. The van der Waals surface area contributed by atoms with Gasteiger partial charge in [0, 0.05) is 24.0 Å². The maximum absolute atomic E-state index is 13.0. The van der Waals surface area contributed by atoms with E-state index in [4.69, 9.17) is 27.9 Å². The Labute approximate surface area is 206 Å². The van der Waals surface area contributed by atoms with Crippen LogP contribution in [-0.4, -0.2) is 27.5 Å². The van der Waals surface area contributed by atoms with Crippen LogP contribution >= 0.6 is 35.0 Å². The van der Waals surface area contributed by atoms with Crippen molar-refractivity contribution in [1.82, 2.24) is 9.88 Å². The fourth-order valence-electron chi connectivity index (χ4n) is 3.04. The molecule has 0 unspecified atom stereocenters. The summed E-state index contributed by atoms with van der Waals surface area (Å²) < 4.78 is 5.90. The molecule has 0 spiro atoms. The summed E-state index contributed by atoms with van der Waals surface area (Å²) in [6.07, 6.45) is 6.62. The lowest BCUT2D eigenvalue weighted by atomic mass is 10.2. The number of rotatable bonds is 7. The molecule has 0 N–H and O–H groups in total. The molecule has 5 nitrogen and oxygen atoms in total. The minimum absolute atomic E-state index is 0.142. The van der Waals surface area contributed by atoms with Gasteiger partial charge in [-0.15, -0.1) is 6.58 Å². The third-order valence-corrected chi connectivity index (χ3v) is 6.19. The molecular formula is C25H19Cl2N3O2S. The Bertz CT molecular complexity index is 1240. The number of carbonyl (C=O) groups is 1. The van der Waals surface area contributed by atoms with Crippen molar-refractivity contribution >= 4 is 57.8 Å². The molecule has 3 aromatic rings. The van der Waals surface area contributed by atoms with E-state index >= 15 is 0 Å². The molecule has 1 aliphatic heterocycles. The molecule has 2 aromatic carbocycles. The van der Waals surface area contributed by atoms with Gasteiger partial charge in [0.2, 0.25) is 0 Å². The second-order valence-corrected chi connectivity index (χ2v) is 8.88. The Kier molecular flexibility index (Phi) is 7.50. The van der Waals surface area contributed by atoms with Crippen LogP contribution in [0.3, 0.4) is 0 Å². The van der Waals surface area contributed by atoms with Gasteiger partial charge in [-0.05, 0) is 59.3 Å². The van der Waals surface area contributed by atoms with E-state index in [1.807, 2.05) is 54.6 Å². The third-order valence-electron chi connectivity index (χ3n) is 4.64. The molecule has 0 aliphatic carbocycles. The monoisotopic (exact) mass is 495 g/mol. The van der Waals surface area contributed by atoms with Crippen LogP contribution < -0.4 is 4.74 Å². The van der Waals surface area contributed by atoms with E-state index in [0.717, 1.165) is 11.1 Å². The molecule has 1 amide bonds. The number of benzene rings is 2. The van der Waals surface area contributed by atoms with Crippen molar-refractivity contribution in [3.8, 4) is 5.75 Å². The quantitative estimate of drug-likeness (QED) is 0.268. The number of nitrogens with zero attached hydrogens (tertiary/aromatic N) is 3. The summed E-state index contributed by atoms with van der Waals surface area (Å²) in [6.45, 7) is 4.51. The zero-order valence-corrected chi connectivity index (χ0v) is 19.8. The van der Waals surface area contributed by atoms with E-state index in [1.165, 1.54) is 18.0 Å². The topological polar surface area (TPSA) is 54.8 Å². The van der Waals surface area contributed by atoms with E-state index in [9.17, 15) is 4.79 Å². The average molecular weight is 496 g/mol. The van der Waals surface area contributed by atoms with Crippen molar-refractivity contribution in [2.75, 3.05) is 6.54 Å². The molecule has 4 rings (SSSR count). The molecule has 0 atom stereocenters. The van der Waals surface area contributed by atoms with Gasteiger partial charge in [0.1, 0.15) is 12.4 Å². The number of halogens is 2. The molecule has 33 heavy (non-hydrogen) atoms. The lowest BCUT2D eigenvalue weighted by Gasteiger charge is -2.12. The fraction of sp³-hybridized carbons (Fsp3) is 0.0800. The van der Waals surface area contributed by atoms with Crippen molar-refractivity contribution in [3.05, 3.63) is 106 Å². The highest BCUT2D eigenvalue weighted by atomic mass is 35.5. The van der Waals surface area contributed by atoms with Gasteiger partial charge in [0.25, 0.3) is 5.91 Å². The minimum atomic E-state index is -0.142. The van der Waals surface area contributed by atoms with E-state index < -0.39 is 0 Å². The van der Waals surface area contributed by atoms with Crippen molar-refractivity contribution < 1.29 is 9.53 Å². The van der Waals surface area contributed by atoms with Gasteiger partial charge >= 0.3 is 0 Å². The van der Waals surface area contributed by atoms with Crippen LogP contribution in [0, 0.1) is 0 Å². The zero-order valence-electron chi connectivity index (χ0n) is 17.4. The van der Waals surface area contributed by atoms with Crippen LogP contribution in [0.15, 0.2) is 89.5 Å². The highest BCUT2D eigenvalue weighted by Crippen LogP contribution is 2.35. The molecule has 1 fully saturated rings. The van der Waals surface area contributed by atoms with Crippen molar-refractivity contribution in [1.29, 1.82) is 0 Å². The van der Waals surface area contributed by atoms with Crippen LogP contribution in [0.25, 0.3) is 6.08 Å². The predicted octanol–water partition coefficient (Wildman–Crippen LogP) is 6.76. The van der Waals surface area contributed by atoms with Gasteiger partial charge < -0.3 is 4.74 Å². The Hall–Kier alpha value is -3.06. The van der Waals surface area contributed by atoms with Crippen LogP contribution in [0.4, 0.5) is 5.69 Å². The largest absolute Gasteiger partial charge is 0.489 e. The summed E-state index contributed by atoms with van der Waals surface area (Å²) in [5.74, 6) is 0.562. The van der Waals surface area contributed by atoms with Gasteiger partial charge in [-0.2, -0.15) is 0 Å². The first-order chi connectivity index (χ1) is 16.0. The van der Waals surface area contributed by atoms with E-state index in [1.54, 1.807) is 23.2 Å². The van der Waals surface area contributed by atoms with E-state index in [-0.39, 0.29) is 5.91 Å². The molecule has 0 saturated carbocycles. The number of hydrogen-bond acceptors (Lipinski definition) is 5. The third kappa shape index (κ3) is 5.85. The summed E-state index contributed by atoms with van der Waals surface area (Å²) in [5.41, 5.74) is 2.41. The van der Waals surface area contributed by atoms with Gasteiger partial charge in [-0.3, -0.25) is 14.7 Å². The van der Waals surface area contributed by atoms with Crippen molar-refractivity contribution in [2.45, 2.75) is 6.61 Å². The lowest BCUT2D eigenvalue weighted by molar-refractivity contribution is -0.121. The normalized spacial score (nSPS) is 15.9. The zero-order chi connectivity index (χ0) is 23.2. The van der Waals surface area contributed by atoms with Gasteiger partial charge in [-0.1, -0.05) is 53.5 Å². The predicted molar refractivity (Wildman–Crippen MR) is 136 cm³/mol. The number of aliphatic imine (C=N–C) groups is 1. The Morgan fingerprint density at radius 3 is 2.73 bits per heavy atom. The first-order valence-electron chi connectivity index (χ1n) is 10.0. The lowest BCUT2D eigenvalue weighted by Crippen LogP contribution is -2.29. The molecule has 166 valence electrons. The number of carbonyl (C=O) groups excluding carboxylic acids is 1. The maximum atomic E-state index is 13.0. The second kappa shape index (κ2) is 10.7. The van der Waals surface area contributed by atoms with Crippen LogP contribution in [0.2, 0.25) is 10.0 Å². The van der Waals surface area contributed by atoms with Gasteiger partial charge in [0.15, 0.2) is 5.17 Å². The fourth-order valence-corrected chi connectivity index (χ4v) is 4.32. The smallest absolute Gasteiger partial charge is 0.267 e. The second-order valence-electron chi connectivity index (χ2n) is 7.02. The van der Waals surface area contributed by atoms with Crippen LogP contribution in [0.5, 0.6) is 5.75 Å². The highest BCUT2D eigenvalue weighted by molar-refractivity contribution is 8.18. The van der Waals surface area contributed by atoms with Crippen LogP contribution in [0.1, 0.15) is 11.1 Å². The first kappa shape index (κ1) is 23.1.